The van der Waals surface area contributed by atoms with Crippen molar-refractivity contribution in [2.24, 2.45) is 0 Å². The summed E-state index contributed by atoms with van der Waals surface area (Å²) in [5.74, 6) is 1.42. The van der Waals surface area contributed by atoms with Crippen LogP contribution < -0.4 is 10.6 Å². The number of hydrogen-bond acceptors (Lipinski definition) is 6. The number of aromatic nitrogens is 3. The van der Waals surface area contributed by atoms with Gasteiger partial charge in [0.05, 0.1) is 0 Å². The second-order valence-corrected chi connectivity index (χ2v) is 5.35. The third kappa shape index (κ3) is 3.75. The molecule has 0 atom stereocenters. The summed E-state index contributed by atoms with van der Waals surface area (Å²) in [6.07, 6.45) is 1.33. The molecule has 7 nitrogen and oxygen atoms in total. The van der Waals surface area contributed by atoms with Crippen molar-refractivity contribution >= 4 is 17.5 Å². The molecule has 2 N–H and O–H groups in total. The Kier molecular flexibility index (Phi) is 4.51. The van der Waals surface area contributed by atoms with Gasteiger partial charge in [-0.1, -0.05) is 29.4 Å². The van der Waals surface area contributed by atoms with E-state index in [-0.39, 0.29) is 11.6 Å². The first kappa shape index (κ1) is 15.7. The molecule has 24 heavy (non-hydrogen) atoms. The zero-order valence-corrected chi connectivity index (χ0v) is 13.4. The lowest BCUT2D eigenvalue weighted by Gasteiger charge is -2.08. The summed E-state index contributed by atoms with van der Waals surface area (Å²) in [5.41, 5.74) is 2.47. The SMILES string of the molecule is Cc1cc(Nc2cc(C(=O)NCc3ccccc3C)ncn2)no1. The Morgan fingerprint density at radius 3 is 2.71 bits per heavy atom. The van der Waals surface area contributed by atoms with Crippen LogP contribution in [0.15, 0.2) is 47.2 Å². The Hall–Kier alpha value is -3.22. The van der Waals surface area contributed by atoms with Crippen LogP contribution >= 0.6 is 0 Å². The normalized spacial score (nSPS) is 10.4. The number of anilines is 2. The first-order valence-corrected chi connectivity index (χ1v) is 7.47. The number of nitrogens with one attached hydrogen (secondary N) is 2. The van der Waals surface area contributed by atoms with Gasteiger partial charge in [-0.15, -0.1) is 0 Å². The number of carbonyl (C=O) groups excluding carboxylic acids is 1. The molecule has 7 heteroatoms. The Labute approximate surface area is 139 Å². The van der Waals surface area contributed by atoms with Gasteiger partial charge in [0.25, 0.3) is 5.91 Å². The van der Waals surface area contributed by atoms with E-state index in [9.17, 15) is 4.79 Å². The third-order valence-corrected chi connectivity index (χ3v) is 3.48. The highest BCUT2D eigenvalue weighted by Gasteiger charge is 2.10. The molecule has 2 aromatic heterocycles. The standard InChI is InChI=1S/C17H17N5O2/c1-11-5-3-4-6-13(11)9-18-17(23)14-8-15(20-10-19-14)21-16-7-12(2)24-22-16/h3-8,10H,9H2,1-2H3,(H,18,23)(H,19,20,21,22). The van der Waals surface area contributed by atoms with Gasteiger partial charge in [-0.25, -0.2) is 9.97 Å². The zero-order valence-electron chi connectivity index (χ0n) is 13.4. The van der Waals surface area contributed by atoms with Gasteiger partial charge in [-0.3, -0.25) is 4.79 Å². The molecule has 2 heterocycles. The molecule has 0 aliphatic carbocycles. The summed E-state index contributed by atoms with van der Waals surface area (Å²) in [6, 6.07) is 11.2. The van der Waals surface area contributed by atoms with E-state index in [2.05, 4.69) is 25.8 Å². The maximum Gasteiger partial charge on any atom is 0.270 e. The van der Waals surface area contributed by atoms with Gasteiger partial charge >= 0.3 is 0 Å². The molecule has 0 bridgehead atoms. The van der Waals surface area contributed by atoms with Gasteiger partial charge in [-0.05, 0) is 25.0 Å². The van der Waals surface area contributed by atoms with Crippen LogP contribution in [0.4, 0.5) is 11.6 Å². The van der Waals surface area contributed by atoms with Crippen LogP contribution in [0.5, 0.6) is 0 Å². The molecule has 0 saturated carbocycles. The van der Waals surface area contributed by atoms with E-state index >= 15 is 0 Å². The monoisotopic (exact) mass is 323 g/mol. The van der Waals surface area contributed by atoms with E-state index in [4.69, 9.17) is 4.52 Å². The number of amides is 1. The second-order valence-electron chi connectivity index (χ2n) is 5.35. The summed E-state index contributed by atoms with van der Waals surface area (Å²) in [6.45, 7) is 4.25. The molecule has 3 rings (SSSR count). The molecule has 1 aromatic carbocycles. The average Bonchev–Trinajstić information content (AvgIpc) is 2.99. The van der Waals surface area contributed by atoms with Crippen LogP contribution in [0.3, 0.4) is 0 Å². The smallest absolute Gasteiger partial charge is 0.270 e. The third-order valence-electron chi connectivity index (χ3n) is 3.48. The van der Waals surface area contributed by atoms with Crippen molar-refractivity contribution in [1.29, 1.82) is 0 Å². The second kappa shape index (κ2) is 6.91. The minimum Gasteiger partial charge on any atom is -0.360 e. The maximum atomic E-state index is 12.3. The lowest BCUT2D eigenvalue weighted by Crippen LogP contribution is -2.24. The summed E-state index contributed by atoms with van der Waals surface area (Å²) in [4.78, 5) is 20.4. The predicted molar refractivity (Wildman–Crippen MR) is 88.9 cm³/mol. The summed E-state index contributed by atoms with van der Waals surface area (Å²) >= 11 is 0. The van der Waals surface area contributed by atoms with Gasteiger partial charge in [0.1, 0.15) is 23.6 Å². The molecule has 0 unspecified atom stereocenters. The molecule has 0 saturated heterocycles. The lowest BCUT2D eigenvalue weighted by molar-refractivity contribution is 0.0945. The van der Waals surface area contributed by atoms with Crippen molar-refractivity contribution in [3.8, 4) is 0 Å². The number of rotatable bonds is 5. The minimum atomic E-state index is -0.264. The molecule has 0 radical (unpaired) electrons. The Morgan fingerprint density at radius 2 is 1.96 bits per heavy atom. The molecule has 122 valence electrons. The highest BCUT2D eigenvalue weighted by Crippen LogP contribution is 2.14. The molecule has 0 spiro atoms. The van der Waals surface area contributed by atoms with Crippen molar-refractivity contribution in [3.05, 3.63) is 65.3 Å². The zero-order chi connectivity index (χ0) is 16.9. The Bertz CT molecular complexity index is 859. The van der Waals surface area contributed by atoms with Crippen LogP contribution in [0, 0.1) is 13.8 Å². The Morgan fingerprint density at radius 1 is 1.12 bits per heavy atom. The largest absolute Gasteiger partial charge is 0.360 e. The fourth-order valence-electron chi connectivity index (χ4n) is 2.18. The number of hydrogen-bond donors (Lipinski definition) is 2. The van der Waals surface area contributed by atoms with E-state index in [1.165, 1.54) is 6.33 Å². The lowest BCUT2D eigenvalue weighted by atomic mass is 10.1. The molecule has 0 aliphatic heterocycles. The summed E-state index contributed by atoms with van der Waals surface area (Å²) < 4.78 is 4.98. The fourth-order valence-corrected chi connectivity index (χ4v) is 2.18. The molecular formula is C17H17N5O2. The average molecular weight is 323 g/mol. The number of aryl methyl sites for hydroxylation is 2. The topological polar surface area (TPSA) is 92.9 Å². The van der Waals surface area contributed by atoms with Crippen molar-refractivity contribution in [2.75, 3.05) is 5.32 Å². The highest BCUT2D eigenvalue weighted by atomic mass is 16.5. The number of carbonyl (C=O) groups is 1. The van der Waals surface area contributed by atoms with Crippen LogP contribution in [0.1, 0.15) is 27.4 Å². The highest BCUT2D eigenvalue weighted by molar-refractivity contribution is 5.92. The van der Waals surface area contributed by atoms with Crippen LogP contribution in [0.25, 0.3) is 0 Å². The van der Waals surface area contributed by atoms with E-state index in [0.717, 1.165) is 11.1 Å². The molecular weight excluding hydrogens is 306 g/mol. The maximum absolute atomic E-state index is 12.3. The van der Waals surface area contributed by atoms with Gasteiger partial charge in [0.15, 0.2) is 5.82 Å². The summed E-state index contributed by atoms with van der Waals surface area (Å²) in [5, 5.41) is 9.65. The Balaban J connectivity index is 1.67. The minimum absolute atomic E-state index is 0.264. The number of benzene rings is 1. The van der Waals surface area contributed by atoms with Gasteiger partial charge in [0.2, 0.25) is 0 Å². The van der Waals surface area contributed by atoms with E-state index in [0.29, 0.717) is 23.9 Å². The molecule has 1 amide bonds. The van der Waals surface area contributed by atoms with E-state index in [1.807, 2.05) is 31.2 Å². The van der Waals surface area contributed by atoms with Crippen molar-refractivity contribution in [3.63, 3.8) is 0 Å². The molecule has 0 fully saturated rings. The molecule has 3 aromatic rings. The van der Waals surface area contributed by atoms with E-state index < -0.39 is 0 Å². The first-order chi connectivity index (χ1) is 11.6. The van der Waals surface area contributed by atoms with Gasteiger partial charge in [-0.2, -0.15) is 0 Å². The van der Waals surface area contributed by atoms with Crippen molar-refractivity contribution < 1.29 is 9.32 Å². The fraction of sp³-hybridized carbons (Fsp3) is 0.176. The van der Waals surface area contributed by atoms with Crippen LogP contribution in [0.2, 0.25) is 0 Å². The first-order valence-electron chi connectivity index (χ1n) is 7.47. The van der Waals surface area contributed by atoms with Crippen molar-refractivity contribution in [1.82, 2.24) is 20.4 Å². The van der Waals surface area contributed by atoms with Crippen LogP contribution in [-0.4, -0.2) is 21.0 Å². The van der Waals surface area contributed by atoms with Gasteiger partial charge in [0, 0.05) is 18.7 Å². The predicted octanol–water partition coefficient (Wildman–Crippen LogP) is 2.76. The summed E-state index contributed by atoms with van der Waals surface area (Å²) in [7, 11) is 0. The quantitative estimate of drug-likeness (QED) is 0.750. The van der Waals surface area contributed by atoms with E-state index in [1.54, 1.807) is 19.1 Å². The molecule has 0 aliphatic rings. The van der Waals surface area contributed by atoms with Crippen LogP contribution in [-0.2, 0) is 6.54 Å². The number of nitrogens with zero attached hydrogens (tertiary/aromatic N) is 3. The van der Waals surface area contributed by atoms with Crippen molar-refractivity contribution in [2.45, 2.75) is 20.4 Å². The van der Waals surface area contributed by atoms with Gasteiger partial charge < -0.3 is 15.2 Å².